The summed E-state index contributed by atoms with van der Waals surface area (Å²) >= 11 is 0. The highest BCUT2D eigenvalue weighted by Crippen LogP contribution is 1.98. The molecule has 0 fully saturated rings. The molecule has 0 saturated heterocycles. The summed E-state index contributed by atoms with van der Waals surface area (Å²) in [7, 11) is 1.64. The second kappa shape index (κ2) is 9.06. The molecule has 92 valence electrons. The fraction of sp³-hybridized carbons (Fsp3) is 1.00. The van der Waals surface area contributed by atoms with Gasteiger partial charge in [-0.2, -0.15) is 0 Å². The summed E-state index contributed by atoms with van der Waals surface area (Å²) in [5, 5.41) is 8.85. The van der Waals surface area contributed by atoms with Crippen molar-refractivity contribution in [3.63, 3.8) is 0 Å². The summed E-state index contributed by atoms with van der Waals surface area (Å²) in [4.78, 5) is 0. The van der Waals surface area contributed by atoms with Gasteiger partial charge in [-0.05, 0) is 13.3 Å². The average molecular weight is 221 g/mol. The van der Waals surface area contributed by atoms with E-state index in [9.17, 15) is 0 Å². The number of ether oxygens (including phenoxy) is 3. The molecule has 3 N–H and O–H groups in total. The standard InChI is InChI=1S/C10H23NO4/c1-10(11,8-12)9-15-5-3-4-14-7-6-13-2/h12H,3-9,11H2,1-2H3. The van der Waals surface area contributed by atoms with Crippen molar-refractivity contribution in [3.8, 4) is 0 Å². The molecule has 0 aromatic rings. The Morgan fingerprint density at radius 1 is 1.13 bits per heavy atom. The molecule has 1 unspecified atom stereocenters. The number of aliphatic hydroxyl groups is 1. The molecule has 0 radical (unpaired) electrons. The molecule has 0 bridgehead atoms. The number of methoxy groups -OCH3 is 1. The van der Waals surface area contributed by atoms with Gasteiger partial charge in [-0.1, -0.05) is 0 Å². The van der Waals surface area contributed by atoms with Crippen LogP contribution in [0.2, 0.25) is 0 Å². The molecule has 15 heavy (non-hydrogen) atoms. The molecule has 0 aliphatic rings. The molecule has 0 saturated carbocycles. The van der Waals surface area contributed by atoms with Crippen molar-refractivity contribution in [3.05, 3.63) is 0 Å². The number of hydrogen-bond acceptors (Lipinski definition) is 5. The normalized spacial score (nSPS) is 15.2. The van der Waals surface area contributed by atoms with Crippen LogP contribution in [0, 0.1) is 0 Å². The van der Waals surface area contributed by atoms with Crippen molar-refractivity contribution >= 4 is 0 Å². The van der Waals surface area contributed by atoms with Crippen LogP contribution in [0.15, 0.2) is 0 Å². The van der Waals surface area contributed by atoms with Gasteiger partial charge >= 0.3 is 0 Å². The van der Waals surface area contributed by atoms with Crippen LogP contribution in [0.25, 0.3) is 0 Å². The summed E-state index contributed by atoms with van der Waals surface area (Å²) in [6, 6.07) is 0. The highest BCUT2D eigenvalue weighted by Gasteiger charge is 2.16. The maximum atomic E-state index is 8.85. The summed E-state index contributed by atoms with van der Waals surface area (Å²) < 4.78 is 15.4. The smallest absolute Gasteiger partial charge is 0.0700 e. The van der Waals surface area contributed by atoms with Gasteiger partial charge in [0.25, 0.3) is 0 Å². The molecule has 0 aromatic carbocycles. The fourth-order valence-electron chi connectivity index (χ4n) is 0.858. The second-order valence-electron chi connectivity index (χ2n) is 3.82. The van der Waals surface area contributed by atoms with Crippen LogP contribution in [0.5, 0.6) is 0 Å². The third-order valence-electron chi connectivity index (χ3n) is 1.80. The third-order valence-corrected chi connectivity index (χ3v) is 1.80. The molecule has 0 heterocycles. The molecule has 0 aliphatic heterocycles. The van der Waals surface area contributed by atoms with E-state index in [0.29, 0.717) is 33.0 Å². The van der Waals surface area contributed by atoms with Crippen LogP contribution >= 0.6 is 0 Å². The Hall–Kier alpha value is -0.200. The van der Waals surface area contributed by atoms with Gasteiger partial charge in [-0.15, -0.1) is 0 Å². The molecule has 0 aromatic heterocycles. The lowest BCUT2D eigenvalue weighted by atomic mass is 10.1. The van der Waals surface area contributed by atoms with Crippen molar-refractivity contribution in [2.75, 3.05) is 46.8 Å². The van der Waals surface area contributed by atoms with Crippen molar-refractivity contribution < 1.29 is 19.3 Å². The van der Waals surface area contributed by atoms with Gasteiger partial charge < -0.3 is 25.1 Å². The Morgan fingerprint density at radius 3 is 2.40 bits per heavy atom. The first kappa shape index (κ1) is 14.8. The summed E-state index contributed by atoms with van der Waals surface area (Å²) in [5.74, 6) is 0. The SMILES string of the molecule is COCCOCCCOCC(C)(N)CO. The largest absolute Gasteiger partial charge is 0.394 e. The van der Waals surface area contributed by atoms with Crippen molar-refractivity contribution in [1.82, 2.24) is 0 Å². The van der Waals surface area contributed by atoms with Crippen molar-refractivity contribution in [2.45, 2.75) is 18.9 Å². The quantitative estimate of drug-likeness (QED) is 0.498. The minimum atomic E-state index is -0.642. The van der Waals surface area contributed by atoms with Gasteiger partial charge in [0.1, 0.15) is 0 Å². The lowest BCUT2D eigenvalue weighted by molar-refractivity contribution is 0.0333. The monoisotopic (exact) mass is 221 g/mol. The van der Waals surface area contributed by atoms with Crippen molar-refractivity contribution in [1.29, 1.82) is 0 Å². The van der Waals surface area contributed by atoms with Crippen LogP contribution in [0.4, 0.5) is 0 Å². The molecule has 0 aliphatic carbocycles. The Labute approximate surface area is 91.5 Å². The van der Waals surface area contributed by atoms with E-state index in [1.807, 2.05) is 0 Å². The molecular formula is C10H23NO4. The number of nitrogens with two attached hydrogens (primary N) is 1. The molecular weight excluding hydrogens is 198 g/mol. The highest BCUT2D eigenvalue weighted by molar-refractivity contribution is 4.76. The van der Waals surface area contributed by atoms with E-state index in [4.69, 9.17) is 25.1 Å². The Morgan fingerprint density at radius 2 is 1.80 bits per heavy atom. The Balaban J connectivity index is 3.11. The Bertz CT molecular complexity index is 141. The van der Waals surface area contributed by atoms with E-state index in [-0.39, 0.29) is 6.61 Å². The molecule has 1 atom stereocenters. The van der Waals surface area contributed by atoms with Gasteiger partial charge in [-0.3, -0.25) is 0 Å². The van der Waals surface area contributed by atoms with Crippen LogP contribution in [-0.4, -0.2) is 57.4 Å². The van der Waals surface area contributed by atoms with Gasteiger partial charge in [0.05, 0.1) is 32.0 Å². The fourth-order valence-corrected chi connectivity index (χ4v) is 0.858. The number of rotatable bonds is 10. The topological polar surface area (TPSA) is 73.9 Å². The molecule has 0 amide bonds. The molecule has 0 spiro atoms. The van der Waals surface area contributed by atoms with Crippen LogP contribution in [0.1, 0.15) is 13.3 Å². The van der Waals surface area contributed by atoms with E-state index >= 15 is 0 Å². The predicted molar refractivity (Wildman–Crippen MR) is 57.8 cm³/mol. The lowest BCUT2D eigenvalue weighted by Crippen LogP contribution is -2.44. The van der Waals surface area contributed by atoms with E-state index in [1.54, 1.807) is 14.0 Å². The first-order valence-electron chi connectivity index (χ1n) is 5.16. The summed E-state index contributed by atoms with van der Waals surface area (Å²) in [6.07, 6.45) is 0.825. The zero-order chi connectivity index (χ0) is 11.6. The first-order valence-corrected chi connectivity index (χ1v) is 5.16. The second-order valence-corrected chi connectivity index (χ2v) is 3.82. The predicted octanol–water partition coefficient (Wildman–Crippen LogP) is -0.234. The first-order chi connectivity index (χ1) is 7.12. The van der Waals surface area contributed by atoms with Gasteiger partial charge in [-0.25, -0.2) is 0 Å². The van der Waals surface area contributed by atoms with Gasteiger partial charge in [0.15, 0.2) is 0 Å². The van der Waals surface area contributed by atoms with E-state index in [1.165, 1.54) is 0 Å². The van der Waals surface area contributed by atoms with E-state index < -0.39 is 5.54 Å². The lowest BCUT2D eigenvalue weighted by Gasteiger charge is -2.21. The van der Waals surface area contributed by atoms with Crippen molar-refractivity contribution in [2.24, 2.45) is 5.73 Å². The number of hydrogen-bond donors (Lipinski definition) is 2. The Kier molecular flexibility index (Phi) is 8.94. The minimum Gasteiger partial charge on any atom is -0.394 e. The van der Waals surface area contributed by atoms with Crippen LogP contribution < -0.4 is 5.73 Å². The summed E-state index contributed by atoms with van der Waals surface area (Å²) in [6.45, 7) is 4.53. The highest BCUT2D eigenvalue weighted by atomic mass is 16.5. The third kappa shape index (κ3) is 10.1. The van der Waals surface area contributed by atoms with E-state index in [2.05, 4.69) is 0 Å². The summed E-state index contributed by atoms with van der Waals surface area (Å²) in [5.41, 5.74) is 5.03. The average Bonchev–Trinajstić information content (AvgIpc) is 2.22. The van der Waals surface area contributed by atoms with Gasteiger partial charge in [0, 0.05) is 20.3 Å². The molecule has 5 nitrogen and oxygen atoms in total. The molecule has 0 rings (SSSR count). The van der Waals surface area contributed by atoms with Gasteiger partial charge in [0.2, 0.25) is 0 Å². The number of aliphatic hydroxyl groups excluding tert-OH is 1. The zero-order valence-electron chi connectivity index (χ0n) is 9.70. The minimum absolute atomic E-state index is 0.0721. The van der Waals surface area contributed by atoms with Crippen LogP contribution in [0.3, 0.4) is 0 Å². The van der Waals surface area contributed by atoms with Crippen LogP contribution in [-0.2, 0) is 14.2 Å². The van der Waals surface area contributed by atoms with E-state index in [0.717, 1.165) is 6.42 Å². The maximum absolute atomic E-state index is 8.85. The maximum Gasteiger partial charge on any atom is 0.0700 e. The molecule has 5 heteroatoms. The zero-order valence-corrected chi connectivity index (χ0v) is 9.70.